The number of halogens is 1. The molecule has 74 valence electrons. The molecular weight excluding hydrogens is 232 g/mol. The molecule has 5 heteroatoms. The summed E-state index contributed by atoms with van der Waals surface area (Å²) >= 11 is 6.87. The third-order valence-electron chi connectivity index (χ3n) is 2.05. The monoisotopic (exact) mass is 236 g/mol. The molecule has 0 atom stereocenters. The van der Waals surface area contributed by atoms with Crippen LogP contribution in [-0.4, -0.2) is 9.36 Å². The Hall–Kier alpha value is -1.39. The molecule has 0 spiro atoms. The number of para-hydroxylation sites is 1. The summed E-state index contributed by atoms with van der Waals surface area (Å²) in [5.41, 5.74) is 0.832. The molecule has 0 saturated heterocycles. The summed E-state index contributed by atoms with van der Waals surface area (Å²) in [5.74, 6) is 1.19. The van der Waals surface area contributed by atoms with E-state index in [0.717, 1.165) is 22.5 Å². The van der Waals surface area contributed by atoms with Crippen molar-refractivity contribution in [2.24, 2.45) is 0 Å². The maximum absolute atomic E-state index is 5.71. The summed E-state index contributed by atoms with van der Waals surface area (Å²) in [4.78, 5) is 4.06. The summed E-state index contributed by atoms with van der Waals surface area (Å²) in [5, 5.41) is 1.04. The molecule has 15 heavy (non-hydrogen) atoms. The van der Waals surface area contributed by atoms with Crippen LogP contribution in [0.1, 0.15) is 0 Å². The van der Waals surface area contributed by atoms with E-state index in [4.69, 9.17) is 16.0 Å². The predicted molar refractivity (Wildman–Crippen MR) is 60.1 cm³/mol. The Morgan fingerprint density at radius 1 is 1.27 bits per heavy atom. The van der Waals surface area contributed by atoms with Crippen molar-refractivity contribution in [3.8, 4) is 11.6 Å². The molecule has 2 aromatic heterocycles. The van der Waals surface area contributed by atoms with E-state index >= 15 is 0 Å². The van der Waals surface area contributed by atoms with E-state index in [1.54, 1.807) is 0 Å². The number of furan rings is 1. The molecular formula is C10H5ClN2OS. The van der Waals surface area contributed by atoms with Crippen LogP contribution in [0.4, 0.5) is 0 Å². The van der Waals surface area contributed by atoms with E-state index in [1.165, 1.54) is 0 Å². The van der Waals surface area contributed by atoms with Crippen molar-refractivity contribution < 1.29 is 4.42 Å². The van der Waals surface area contributed by atoms with Crippen molar-refractivity contribution in [2.75, 3.05) is 0 Å². The summed E-state index contributed by atoms with van der Waals surface area (Å²) in [6, 6.07) is 9.69. The second kappa shape index (κ2) is 3.32. The Balaban J connectivity index is 2.19. The van der Waals surface area contributed by atoms with Crippen molar-refractivity contribution >= 4 is 34.1 Å². The van der Waals surface area contributed by atoms with Crippen molar-refractivity contribution in [3.05, 3.63) is 34.8 Å². The summed E-state index contributed by atoms with van der Waals surface area (Å²) < 4.78 is 10.1. The molecule has 2 heterocycles. The van der Waals surface area contributed by atoms with Gasteiger partial charge in [0.15, 0.2) is 5.76 Å². The molecule has 0 bridgehead atoms. The lowest BCUT2D eigenvalue weighted by atomic mass is 10.2. The van der Waals surface area contributed by atoms with Crippen molar-refractivity contribution in [1.29, 1.82) is 0 Å². The standard InChI is InChI=1S/C10H5ClN2OS/c11-10-12-9(13-15-10)8-5-6-3-1-2-4-7(6)14-8/h1-5H. The highest BCUT2D eigenvalue weighted by Crippen LogP contribution is 2.27. The first-order chi connectivity index (χ1) is 7.33. The number of nitrogens with zero attached hydrogens (tertiary/aromatic N) is 2. The Morgan fingerprint density at radius 3 is 2.87 bits per heavy atom. The molecule has 0 radical (unpaired) electrons. The molecule has 3 aromatic rings. The summed E-state index contributed by atoms with van der Waals surface area (Å²) in [6.45, 7) is 0. The van der Waals surface area contributed by atoms with Crippen molar-refractivity contribution in [3.63, 3.8) is 0 Å². The third kappa shape index (κ3) is 1.52. The SMILES string of the molecule is Clc1nc(-c2cc3ccccc3o2)ns1. The smallest absolute Gasteiger partial charge is 0.210 e. The van der Waals surface area contributed by atoms with Crippen LogP contribution in [0.5, 0.6) is 0 Å². The van der Waals surface area contributed by atoms with E-state index in [9.17, 15) is 0 Å². The Morgan fingerprint density at radius 2 is 2.13 bits per heavy atom. The highest BCUT2D eigenvalue weighted by Gasteiger charge is 2.10. The Kier molecular flexibility index (Phi) is 1.97. The molecule has 0 saturated carbocycles. The molecule has 1 aromatic carbocycles. The van der Waals surface area contributed by atoms with E-state index in [-0.39, 0.29) is 0 Å². The minimum atomic E-state index is 0.422. The second-order valence-corrected chi connectivity index (χ2v) is 4.35. The van der Waals surface area contributed by atoms with Crippen LogP contribution in [-0.2, 0) is 0 Å². The lowest BCUT2D eigenvalue weighted by Crippen LogP contribution is -1.73. The number of hydrogen-bond donors (Lipinski definition) is 0. The van der Waals surface area contributed by atoms with Crippen LogP contribution >= 0.6 is 23.1 Å². The first kappa shape index (κ1) is 8.88. The van der Waals surface area contributed by atoms with Crippen LogP contribution in [0.2, 0.25) is 4.47 Å². The molecule has 0 aliphatic heterocycles. The molecule has 0 N–H and O–H groups in total. The van der Waals surface area contributed by atoms with Gasteiger partial charge in [0, 0.05) is 5.39 Å². The van der Waals surface area contributed by atoms with Gasteiger partial charge in [-0.25, -0.2) is 4.98 Å². The fourth-order valence-corrected chi connectivity index (χ4v) is 2.00. The average molecular weight is 237 g/mol. The van der Waals surface area contributed by atoms with E-state index in [2.05, 4.69) is 9.36 Å². The molecule has 3 rings (SSSR count). The topological polar surface area (TPSA) is 38.9 Å². The zero-order chi connectivity index (χ0) is 10.3. The van der Waals surface area contributed by atoms with Crippen LogP contribution in [0.15, 0.2) is 34.7 Å². The molecule has 0 fully saturated rings. The predicted octanol–water partition coefficient (Wildman–Crippen LogP) is 3.60. The largest absolute Gasteiger partial charge is 0.453 e. The fourth-order valence-electron chi connectivity index (χ4n) is 1.40. The number of benzene rings is 1. The minimum Gasteiger partial charge on any atom is -0.453 e. The number of hydrogen-bond acceptors (Lipinski definition) is 4. The van der Waals surface area contributed by atoms with Gasteiger partial charge in [0.05, 0.1) is 0 Å². The average Bonchev–Trinajstić information content (AvgIpc) is 2.82. The highest BCUT2D eigenvalue weighted by molar-refractivity contribution is 7.10. The molecule has 0 aliphatic carbocycles. The highest BCUT2D eigenvalue weighted by atomic mass is 35.5. The molecule has 3 nitrogen and oxygen atoms in total. The van der Waals surface area contributed by atoms with E-state index in [0.29, 0.717) is 16.1 Å². The summed E-state index contributed by atoms with van der Waals surface area (Å²) in [6.07, 6.45) is 0. The summed E-state index contributed by atoms with van der Waals surface area (Å²) in [7, 11) is 0. The van der Waals surface area contributed by atoms with Gasteiger partial charge in [-0.05, 0) is 35.3 Å². The number of fused-ring (bicyclic) bond motifs is 1. The first-order valence-corrected chi connectivity index (χ1v) is 5.46. The third-order valence-corrected chi connectivity index (χ3v) is 2.84. The fraction of sp³-hybridized carbons (Fsp3) is 0. The zero-order valence-corrected chi connectivity index (χ0v) is 9.05. The zero-order valence-electron chi connectivity index (χ0n) is 7.48. The van der Waals surface area contributed by atoms with Crippen LogP contribution in [0.3, 0.4) is 0 Å². The van der Waals surface area contributed by atoms with E-state index < -0.39 is 0 Å². The molecule has 0 amide bonds. The van der Waals surface area contributed by atoms with Gasteiger partial charge in [0.25, 0.3) is 0 Å². The normalized spacial score (nSPS) is 11.0. The van der Waals surface area contributed by atoms with Crippen molar-refractivity contribution in [1.82, 2.24) is 9.36 Å². The lowest BCUT2D eigenvalue weighted by Gasteiger charge is -1.84. The maximum atomic E-state index is 5.71. The van der Waals surface area contributed by atoms with Gasteiger partial charge in [0.1, 0.15) is 5.58 Å². The van der Waals surface area contributed by atoms with Crippen LogP contribution in [0.25, 0.3) is 22.6 Å². The van der Waals surface area contributed by atoms with Gasteiger partial charge in [-0.2, -0.15) is 4.37 Å². The van der Waals surface area contributed by atoms with Gasteiger partial charge in [-0.15, -0.1) is 0 Å². The Bertz CT molecular complexity index is 583. The van der Waals surface area contributed by atoms with Gasteiger partial charge in [-0.3, -0.25) is 0 Å². The van der Waals surface area contributed by atoms with Gasteiger partial charge in [0.2, 0.25) is 10.3 Å². The Labute approximate surface area is 94.5 Å². The van der Waals surface area contributed by atoms with Crippen LogP contribution in [0, 0.1) is 0 Å². The number of aromatic nitrogens is 2. The molecule has 0 aliphatic rings. The second-order valence-electron chi connectivity index (χ2n) is 3.02. The lowest BCUT2D eigenvalue weighted by molar-refractivity contribution is 0.627. The van der Waals surface area contributed by atoms with Crippen LogP contribution < -0.4 is 0 Å². The minimum absolute atomic E-state index is 0.422. The number of rotatable bonds is 1. The quantitative estimate of drug-likeness (QED) is 0.648. The van der Waals surface area contributed by atoms with Gasteiger partial charge in [-0.1, -0.05) is 18.2 Å². The maximum Gasteiger partial charge on any atom is 0.210 e. The molecule has 0 unspecified atom stereocenters. The van der Waals surface area contributed by atoms with Crippen molar-refractivity contribution in [2.45, 2.75) is 0 Å². The first-order valence-electron chi connectivity index (χ1n) is 4.31. The van der Waals surface area contributed by atoms with Gasteiger partial charge >= 0.3 is 0 Å². The van der Waals surface area contributed by atoms with Gasteiger partial charge < -0.3 is 4.42 Å². The van der Waals surface area contributed by atoms with E-state index in [1.807, 2.05) is 30.3 Å².